The second kappa shape index (κ2) is 11.5. The molecule has 0 bridgehead atoms. The lowest BCUT2D eigenvalue weighted by Gasteiger charge is -2.35. The van der Waals surface area contributed by atoms with Gasteiger partial charge in [-0.1, -0.05) is 47.0 Å². The normalized spacial score (nSPS) is 21.8. The highest BCUT2D eigenvalue weighted by atomic mass is 35.5. The van der Waals surface area contributed by atoms with Crippen LogP contribution in [0.2, 0.25) is 10.0 Å². The Morgan fingerprint density at radius 3 is 2.32 bits per heavy atom. The molecule has 1 aliphatic heterocycles. The first-order chi connectivity index (χ1) is 19.3. The predicted octanol–water partition coefficient (Wildman–Crippen LogP) is 6.74. The molecule has 3 aromatic carbocycles. The molecule has 0 unspecified atom stereocenters. The Balaban J connectivity index is 1.93. The van der Waals surface area contributed by atoms with E-state index >= 15 is 8.78 Å². The summed E-state index contributed by atoms with van der Waals surface area (Å²) in [6.07, 6.45) is 0.0503. The topological polar surface area (TPSA) is 102 Å². The van der Waals surface area contributed by atoms with E-state index in [1.165, 1.54) is 30.3 Å². The third-order valence-corrected chi connectivity index (χ3v) is 7.52. The molecular formula is C29H21Cl2F4N3O3. The van der Waals surface area contributed by atoms with Gasteiger partial charge >= 0.3 is 5.97 Å². The number of aromatic carboxylic acids is 1. The summed E-state index contributed by atoms with van der Waals surface area (Å²) in [5, 5.41) is 24.8. The molecule has 3 aromatic rings. The van der Waals surface area contributed by atoms with Crippen molar-refractivity contribution in [1.29, 1.82) is 5.26 Å². The highest BCUT2D eigenvalue weighted by Gasteiger charge is 2.60. The van der Waals surface area contributed by atoms with E-state index in [2.05, 4.69) is 23.3 Å². The first-order valence-electron chi connectivity index (χ1n) is 12.1. The van der Waals surface area contributed by atoms with E-state index in [-0.39, 0.29) is 27.6 Å². The van der Waals surface area contributed by atoms with Gasteiger partial charge in [-0.2, -0.15) is 5.26 Å². The predicted molar refractivity (Wildman–Crippen MR) is 145 cm³/mol. The number of hydrogen-bond donors (Lipinski definition) is 3. The largest absolute Gasteiger partial charge is 0.477 e. The van der Waals surface area contributed by atoms with Gasteiger partial charge in [-0.25, -0.2) is 22.4 Å². The van der Waals surface area contributed by atoms with Crippen molar-refractivity contribution in [1.82, 2.24) is 5.32 Å². The van der Waals surface area contributed by atoms with E-state index in [9.17, 15) is 23.6 Å². The van der Waals surface area contributed by atoms with Crippen LogP contribution in [-0.2, 0) is 10.2 Å². The van der Waals surface area contributed by atoms with E-state index in [1.807, 2.05) is 0 Å². The van der Waals surface area contributed by atoms with Crippen molar-refractivity contribution in [3.63, 3.8) is 0 Å². The van der Waals surface area contributed by atoms with Crippen LogP contribution in [0.5, 0.6) is 0 Å². The summed E-state index contributed by atoms with van der Waals surface area (Å²) in [7, 11) is 0. The fourth-order valence-corrected chi connectivity index (χ4v) is 5.70. The van der Waals surface area contributed by atoms with Crippen molar-refractivity contribution in [3.05, 3.63) is 111 Å². The van der Waals surface area contributed by atoms with Crippen LogP contribution in [0, 0.1) is 34.6 Å². The molecule has 12 heteroatoms. The third kappa shape index (κ3) is 5.40. The number of amides is 1. The van der Waals surface area contributed by atoms with E-state index in [4.69, 9.17) is 28.3 Å². The summed E-state index contributed by atoms with van der Waals surface area (Å²) in [6.45, 7) is 5.52. The number of halogens is 6. The smallest absolute Gasteiger partial charge is 0.341 e. The molecule has 0 aromatic heterocycles. The second-order valence-electron chi connectivity index (χ2n) is 9.69. The number of rotatable bonds is 7. The standard InChI is InChI=1S/C29H21Cl2F4N3O3/c1-13(2)8-22-29(12-36,17-7-6-14(30)9-19(17)32)24(16-4-3-5-18(31)25(16)35)26(38-22)27(39)37-15-10-20(33)23(28(40)41)21(34)11-15/h3-7,9-11,22,24,26,38H,1,8H2,2H3,(H,37,39)(H,40,41)/t22-,24-,26+,29-/m0/s1. The van der Waals surface area contributed by atoms with Gasteiger partial charge in [-0.3, -0.25) is 4.79 Å². The number of carboxylic acids is 1. The van der Waals surface area contributed by atoms with E-state index in [1.54, 1.807) is 6.92 Å². The Morgan fingerprint density at radius 1 is 1.10 bits per heavy atom. The number of hydrogen-bond acceptors (Lipinski definition) is 4. The SMILES string of the molecule is C=C(C)C[C@@H]1N[C@@H](C(=O)Nc2cc(F)c(C(=O)O)c(F)c2)[C@H](c2cccc(Cl)c2F)[C@@]1(C#N)c1ccc(Cl)cc1F. The Labute approximate surface area is 242 Å². The summed E-state index contributed by atoms with van der Waals surface area (Å²) in [6, 6.07) is 8.43. The first-order valence-corrected chi connectivity index (χ1v) is 12.8. The maximum atomic E-state index is 15.6. The second-order valence-corrected chi connectivity index (χ2v) is 10.5. The molecular weight excluding hydrogens is 585 g/mol. The van der Waals surface area contributed by atoms with Gasteiger partial charge in [0.15, 0.2) is 0 Å². The molecule has 0 spiro atoms. The zero-order valence-corrected chi connectivity index (χ0v) is 22.8. The summed E-state index contributed by atoms with van der Waals surface area (Å²) < 4.78 is 59.9. The fourth-order valence-electron chi connectivity index (χ4n) is 5.36. The van der Waals surface area contributed by atoms with Crippen molar-refractivity contribution in [2.45, 2.75) is 36.8 Å². The molecule has 6 nitrogen and oxygen atoms in total. The lowest BCUT2D eigenvalue weighted by atomic mass is 9.64. The van der Waals surface area contributed by atoms with Crippen molar-refractivity contribution >= 4 is 40.8 Å². The fraction of sp³-hybridized carbons (Fsp3) is 0.207. The van der Waals surface area contributed by atoms with Crippen LogP contribution in [0.4, 0.5) is 23.2 Å². The molecule has 4 atom stereocenters. The van der Waals surface area contributed by atoms with Gasteiger partial charge in [0.2, 0.25) is 5.91 Å². The van der Waals surface area contributed by atoms with Crippen LogP contribution >= 0.6 is 23.2 Å². The molecule has 1 fully saturated rings. The van der Waals surface area contributed by atoms with Crippen molar-refractivity contribution in [2.24, 2.45) is 0 Å². The van der Waals surface area contributed by atoms with Gasteiger partial charge < -0.3 is 15.7 Å². The average Bonchev–Trinajstić information content (AvgIpc) is 3.19. The average molecular weight is 606 g/mol. The molecule has 1 saturated heterocycles. The number of anilines is 1. The van der Waals surface area contributed by atoms with Crippen LogP contribution in [0.15, 0.2) is 60.7 Å². The molecule has 0 saturated carbocycles. The lowest BCUT2D eigenvalue weighted by Crippen LogP contribution is -2.43. The monoisotopic (exact) mass is 605 g/mol. The maximum absolute atomic E-state index is 15.6. The molecule has 0 radical (unpaired) electrons. The molecule has 3 N–H and O–H groups in total. The van der Waals surface area contributed by atoms with Crippen LogP contribution in [0.1, 0.15) is 40.7 Å². The van der Waals surface area contributed by atoms with Gasteiger partial charge in [0.05, 0.1) is 17.1 Å². The van der Waals surface area contributed by atoms with Crippen LogP contribution in [-0.4, -0.2) is 29.1 Å². The molecule has 212 valence electrons. The Kier molecular flexibility index (Phi) is 8.45. The van der Waals surface area contributed by atoms with Crippen molar-refractivity contribution < 1.29 is 32.3 Å². The van der Waals surface area contributed by atoms with Crippen LogP contribution in [0.3, 0.4) is 0 Å². The number of carbonyl (C=O) groups is 2. The van der Waals surface area contributed by atoms with Gasteiger partial charge in [-0.15, -0.1) is 6.58 Å². The molecule has 1 aliphatic rings. The first kappa shape index (κ1) is 30.1. The van der Waals surface area contributed by atoms with Crippen molar-refractivity contribution in [2.75, 3.05) is 5.32 Å². The highest BCUT2D eigenvalue weighted by Crippen LogP contribution is 2.52. The molecule has 4 rings (SSSR count). The number of carboxylic acid groups (broad SMARTS) is 1. The van der Waals surface area contributed by atoms with E-state index in [0.717, 1.165) is 6.07 Å². The van der Waals surface area contributed by atoms with Gasteiger partial charge in [0, 0.05) is 28.2 Å². The van der Waals surface area contributed by atoms with Crippen LogP contribution in [0.25, 0.3) is 0 Å². The summed E-state index contributed by atoms with van der Waals surface area (Å²) in [5.41, 5.74) is -3.41. The lowest BCUT2D eigenvalue weighted by molar-refractivity contribution is -0.118. The van der Waals surface area contributed by atoms with Gasteiger partial charge in [0.1, 0.15) is 34.2 Å². The van der Waals surface area contributed by atoms with E-state index < -0.39 is 69.8 Å². The molecule has 1 heterocycles. The zero-order chi connectivity index (χ0) is 30.2. The zero-order valence-electron chi connectivity index (χ0n) is 21.2. The van der Waals surface area contributed by atoms with Gasteiger partial charge in [0.25, 0.3) is 0 Å². The minimum Gasteiger partial charge on any atom is -0.477 e. The van der Waals surface area contributed by atoms with Crippen molar-refractivity contribution in [3.8, 4) is 6.07 Å². The minimum absolute atomic E-state index is 0.0374. The Morgan fingerprint density at radius 2 is 1.76 bits per heavy atom. The minimum atomic E-state index is -1.94. The molecule has 1 amide bonds. The highest BCUT2D eigenvalue weighted by molar-refractivity contribution is 6.31. The maximum Gasteiger partial charge on any atom is 0.341 e. The number of carbonyl (C=O) groups excluding carboxylic acids is 1. The number of nitrogens with one attached hydrogen (secondary N) is 2. The van der Waals surface area contributed by atoms with E-state index in [0.29, 0.717) is 17.7 Å². The third-order valence-electron chi connectivity index (χ3n) is 6.99. The van der Waals surface area contributed by atoms with Crippen LogP contribution < -0.4 is 10.6 Å². The number of benzene rings is 3. The number of nitrogens with zero attached hydrogens (tertiary/aromatic N) is 1. The Hall–Kier alpha value is -3.91. The Bertz CT molecular complexity index is 1600. The summed E-state index contributed by atoms with van der Waals surface area (Å²) in [5.74, 6) is -8.97. The summed E-state index contributed by atoms with van der Waals surface area (Å²) >= 11 is 12.0. The summed E-state index contributed by atoms with van der Waals surface area (Å²) in [4.78, 5) is 24.9. The molecule has 41 heavy (non-hydrogen) atoms. The molecule has 0 aliphatic carbocycles. The quantitative estimate of drug-likeness (QED) is 0.204. The van der Waals surface area contributed by atoms with Gasteiger partial charge in [-0.05, 0) is 49.2 Å². The number of nitriles is 1.